The molecule has 1 N–H and O–H groups in total. The molecular weight excluding hydrogens is 138 g/mol. The standard InChI is InChI=1S/C9H15NO/c1-7-3-4-9(11,6-10)8(2)5-7/h7-8,11H,3-5H2,1-2H3. The molecule has 11 heavy (non-hydrogen) atoms. The zero-order valence-electron chi connectivity index (χ0n) is 7.17. The Kier molecular flexibility index (Phi) is 2.20. The van der Waals surface area contributed by atoms with Gasteiger partial charge < -0.3 is 5.11 Å². The molecule has 2 nitrogen and oxygen atoms in total. The van der Waals surface area contributed by atoms with E-state index in [1.54, 1.807) is 0 Å². The summed E-state index contributed by atoms with van der Waals surface area (Å²) in [7, 11) is 0. The molecule has 3 unspecified atom stereocenters. The molecular formula is C9H15NO. The fourth-order valence-corrected chi connectivity index (χ4v) is 1.80. The second-order valence-corrected chi connectivity index (χ2v) is 3.82. The van der Waals surface area contributed by atoms with Crippen LogP contribution in [0.2, 0.25) is 0 Å². The summed E-state index contributed by atoms with van der Waals surface area (Å²) in [6, 6.07) is 2.01. The fourth-order valence-electron chi connectivity index (χ4n) is 1.80. The van der Waals surface area contributed by atoms with Gasteiger partial charge in [-0.15, -0.1) is 0 Å². The number of hydrogen-bond acceptors (Lipinski definition) is 2. The molecule has 0 aromatic carbocycles. The molecule has 1 aliphatic rings. The molecule has 0 amide bonds. The van der Waals surface area contributed by atoms with Gasteiger partial charge in [0.25, 0.3) is 0 Å². The molecule has 0 aliphatic heterocycles. The van der Waals surface area contributed by atoms with Crippen molar-refractivity contribution in [3.8, 4) is 6.07 Å². The summed E-state index contributed by atoms with van der Waals surface area (Å²) in [4.78, 5) is 0. The first-order valence-corrected chi connectivity index (χ1v) is 4.22. The zero-order valence-corrected chi connectivity index (χ0v) is 7.17. The largest absolute Gasteiger partial charge is 0.375 e. The van der Waals surface area contributed by atoms with Crippen molar-refractivity contribution in [1.82, 2.24) is 0 Å². The molecule has 1 saturated carbocycles. The Morgan fingerprint density at radius 2 is 2.18 bits per heavy atom. The summed E-state index contributed by atoms with van der Waals surface area (Å²) in [6.45, 7) is 4.13. The Morgan fingerprint density at radius 1 is 1.55 bits per heavy atom. The van der Waals surface area contributed by atoms with E-state index in [0.29, 0.717) is 12.3 Å². The van der Waals surface area contributed by atoms with Gasteiger partial charge >= 0.3 is 0 Å². The number of aliphatic hydroxyl groups is 1. The highest BCUT2D eigenvalue weighted by Gasteiger charge is 2.38. The summed E-state index contributed by atoms with van der Waals surface area (Å²) in [6.07, 6.45) is 2.60. The SMILES string of the molecule is CC1CCC(O)(C#N)C(C)C1. The lowest BCUT2D eigenvalue weighted by atomic mass is 9.73. The molecule has 62 valence electrons. The van der Waals surface area contributed by atoms with Crippen molar-refractivity contribution in [3.05, 3.63) is 0 Å². The fraction of sp³-hybridized carbons (Fsp3) is 0.889. The van der Waals surface area contributed by atoms with Gasteiger partial charge in [-0.25, -0.2) is 0 Å². The molecule has 0 spiro atoms. The molecule has 1 aliphatic carbocycles. The highest BCUT2D eigenvalue weighted by atomic mass is 16.3. The van der Waals surface area contributed by atoms with Crippen LogP contribution in [0.1, 0.15) is 33.1 Å². The van der Waals surface area contributed by atoms with Crippen LogP contribution in [0.4, 0.5) is 0 Å². The van der Waals surface area contributed by atoms with E-state index in [1.807, 2.05) is 13.0 Å². The van der Waals surface area contributed by atoms with E-state index < -0.39 is 5.60 Å². The molecule has 1 rings (SSSR count). The van der Waals surface area contributed by atoms with Crippen molar-refractivity contribution in [2.75, 3.05) is 0 Å². The summed E-state index contributed by atoms with van der Waals surface area (Å²) < 4.78 is 0. The minimum atomic E-state index is -1.04. The summed E-state index contributed by atoms with van der Waals surface area (Å²) >= 11 is 0. The van der Waals surface area contributed by atoms with Gasteiger partial charge in [-0.2, -0.15) is 5.26 Å². The summed E-state index contributed by atoms with van der Waals surface area (Å²) in [5, 5.41) is 18.4. The van der Waals surface area contributed by atoms with Crippen molar-refractivity contribution < 1.29 is 5.11 Å². The minimum Gasteiger partial charge on any atom is -0.375 e. The van der Waals surface area contributed by atoms with Gasteiger partial charge in [0.1, 0.15) is 0 Å². The van der Waals surface area contributed by atoms with E-state index in [-0.39, 0.29) is 5.92 Å². The molecule has 0 heterocycles. The van der Waals surface area contributed by atoms with Crippen LogP contribution in [-0.4, -0.2) is 10.7 Å². The van der Waals surface area contributed by atoms with Crippen LogP contribution in [0.3, 0.4) is 0 Å². The molecule has 1 fully saturated rings. The average Bonchev–Trinajstić information content (AvgIpc) is 1.98. The first-order valence-electron chi connectivity index (χ1n) is 4.22. The van der Waals surface area contributed by atoms with Gasteiger partial charge in [-0.05, 0) is 31.1 Å². The van der Waals surface area contributed by atoms with Gasteiger partial charge in [-0.3, -0.25) is 0 Å². The topological polar surface area (TPSA) is 44.0 Å². The van der Waals surface area contributed by atoms with Crippen molar-refractivity contribution in [3.63, 3.8) is 0 Å². The van der Waals surface area contributed by atoms with Gasteiger partial charge in [0.2, 0.25) is 0 Å². The maximum absolute atomic E-state index is 9.71. The second-order valence-electron chi connectivity index (χ2n) is 3.82. The Morgan fingerprint density at radius 3 is 2.64 bits per heavy atom. The number of nitriles is 1. The number of nitrogens with zero attached hydrogens (tertiary/aromatic N) is 1. The molecule has 0 radical (unpaired) electrons. The van der Waals surface area contributed by atoms with Crippen LogP contribution in [0.5, 0.6) is 0 Å². The van der Waals surface area contributed by atoms with Crippen LogP contribution in [0, 0.1) is 23.2 Å². The maximum Gasteiger partial charge on any atom is 0.153 e. The van der Waals surface area contributed by atoms with Gasteiger partial charge in [-0.1, -0.05) is 13.8 Å². The smallest absolute Gasteiger partial charge is 0.153 e. The predicted octanol–water partition coefficient (Wildman–Crippen LogP) is 1.70. The minimum absolute atomic E-state index is 0.135. The molecule has 3 atom stereocenters. The number of hydrogen-bond donors (Lipinski definition) is 1. The van der Waals surface area contributed by atoms with Crippen molar-refractivity contribution in [1.29, 1.82) is 5.26 Å². The lowest BCUT2D eigenvalue weighted by Crippen LogP contribution is -2.39. The van der Waals surface area contributed by atoms with Crippen LogP contribution in [0.15, 0.2) is 0 Å². The Hall–Kier alpha value is -0.550. The Balaban J connectivity index is 2.66. The second kappa shape index (κ2) is 2.83. The van der Waals surface area contributed by atoms with E-state index in [9.17, 15) is 5.11 Å². The third kappa shape index (κ3) is 1.54. The Labute approximate surface area is 67.8 Å². The van der Waals surface area contributed by atoms with E-state index in [4.69, 9.17) is 5.26 Å². The monoisotopic (exact) mass is 153 g/mol. The summed E-state index contributed by atoms with van der Waals surface area (Å²) in [5.74, 6) is 0.801. The molecule has 0 aromatic heterocycles. The molecule has 0 saturated heterocycles. The van der Waals surface area contributed by atoms with Crippen LogP contribution < -0.4 is 0 Å². The van der Waals surface area contributed by atoms with Gasteiger partial charge in [0.05, 0.1) is 6.07 Å². The predicted molar refractivity (Wildman–Crippen MR) is 42.7 cm³/mol. The maximum atomic E-state index is 9.71. The van der Waals surface area contributed by atoms with Crippen molar-refractivity contribution in [2.24, 2.45) is 11.8 Å². The van der Waals surface area contributed by atoms with Crippen LogP contribution >= 0.6 is 0 Å². The van der Waals surface area contributed by atoms with Crippen molar-refractivity contribution in [2.45, 2.75) is 38.7 Å². The van der Waals surface area contributed by atoms with Gasteiger partial charge in [0.15, 0.2) is 5.60 Å². The van der Waals surface area contributed by atoms with Crippen LogP contribution in [0.25, 0.3) is 0 Å². The van der Waals surface area contributed by atoms with Crippen LogP contribution in [-0.2, 0) is 0 Å². The van der Waals surface area contributed by atoms with E-state index in [0.717, 1.165) is 12.8 Å². The lowest BCUT2D eigenvalue weighted by Gasteiger charge is -2.35. The first kappa shape index (κ1) is 8.55. The quantitative estimate of drug-likeness (QED) is 0.538. The lowest BCUT2D eigenvalue weighted by molar-refractivity contribution is -0.00363. The molecule has 0 aromatic rings. The van der Waals surface area contributed by atoms with E-state index in [1.165, 1.54) is 0 Å². The zero-order chi connectivity index (χ0) is 8.48. The molecule has 0 bridgehead atoms. The first-order chi connectivity index (χ1) is 5.08. The van der Waals surface area contributed by atoms with Gasteiger partial charge in [0, 0.05) is 0 Å². The molecule has 2 heteroatoms. The van der Waals surface area contributed by atoms with E-state index in [2.05, 4.69) is 6.92 Å². The highest BCUT2D eigenvalue weighted by Crippen LogP contribution is 2.35. The normalized spacial score (nSPS) is 44.9. The van der Waals surface area contributed by atoms with Crippen molar-refractivity contribution >= 4 is 0 Å². The number of rotatable bonds is 0. The Bertz CT molecular complexity index is 184. The summed E-state index contributed by atoms with van der Waals surface area (Å²) in [5.41, 5.74) is -1.04. The van der Waals surface area contributed by atoms with E-state index >= 15 is 0 Å². The third-order valence-corrected chi connectivity index (χ3v) is 2.78. The highest BCUT2D eigenvalue weighted by molar-refractivity contribution is 5.05. The third-order valence-electron chi connectivity index (χ3n) is 2.78. The average molecular weight is 153 g/mol.